The largest absolute Gasteiger partial charge is 0.460 e. The van der Waals surface area contributed by atoms with E-state index in [2.05, 4.69) is 16.9 Å². The number of fused-ring (bicyclic) bond motifs is 1. The average molecular weight is 522 g/mol. The highest BCUT2D eigenvalue weighted by atomic mass is 32.2. The second-order valence-corrected chi connectivity index (χ2v) is 11.6. The number of hydrogen-bond acceptors (Lipinski definition) is 5. The molecular formula is C30H35NO5S. The van der Waals surface area contributed by atoms with Crippen LogP contribution in [0.15, 0.2) is 83.8 Å². The van der Waals surface area contributed by atoms with Gasteiger partial charge in [-0.25, -0.2) is 8.42 Å². The molecule has 1 aliphatic carbocycles. The highest BCUT2D eigenvalue weighted by Gasteiger charge is 2.39. The number of carbonyl (C=O) groups is 1. The van der Waals surface area contributed by atoms with E-state index in [0.29, 0.717) is 12.8 Å². The number of esters is 1. The van der Waals surface area contributed by atoms with Gasteiger partial charge in [-0.05, 0) is 61.9 Å². The summed E-state index contributed by atoms with van der Waals surface area (Å²) in [6.07, 6.45) is 2.02. The highest BCUT2D eigenvalue weighted by molar-refractivity contribution is 7.89. The second-order valence-electron chi connectivity index (χ2n) is 9.88. The number of aliphatic hydroxyl groups excluding tert-OH is 1. The summed E-state index contributed by atoms with van der Waals surface area (Å²) in [5.74, 6) is -1.23. The van der Waals surface area contributed by atoms with Crippen molar-refractivity contribution in [1.29, 1.82) is 0 Å². The molecular weight excluding hydrogens is 486 g/mol. The zero-order valence-electron chi connectivity index (χ0n) is 21.3. The number of hydrogen-bond donors (Lipinski definition) is 2. The van der Waals surface area contributed by atoms with E-state index in [1.54, 1.807) is 31.2 Å². The summed E-state index contributed by atoms with van der Waals surface area (Å²) < 4.78 is 34.9. The Kier molecular flexibility index (Phi) is 8.79. The summed E-state index contributed by atoms with van der Waals surface area (Å²) in [6, 6.07) is 23.6. The molecule has 196 valence electrons. The minimum Gasteiger partial charge on any atom is -0.460 e. The van der Waals surface area contributed by atoms with Gasteiger partial charge in [-0.15, -0.1) is 0 Å². The highest BCUT2D eigenvalue weighted by Crippen LogP contribution is 2.35. The number of aryl methyl sites for hydroxylation is 2. The van der Waals surface area contributed by atoms with Crippen LogP contribution < -0.4 is 4.72 Å². The molecule has 7 heteroatoms. The monoisotopic (exact) mass is 521 g/mol. The van der Waals surface area contributed by atoms with Crippen molar-refractivity contribution in [2.24, 2.45) is 5.92 Å². The molecule has 2 N–H and O–H groups in total. The van der Waals surface area contributed by atoms with Crippen molar-refractivity contribution in [3.05, 3.63) is 101 Å². The maximum Gasteiger partial charge on any atom is 0.311 e. The molecule has 4 atom stereocenters. The number of carbonyl (C=O) groups excluding carboxylic acids is 1. The van der Waals surface area contributed by atoms with Gasteiger partial charge in [-0.2, -0.15) is 4.72 Å². The van der Waals surface area contributed by atoms with Crippen molar-refractivity contribution in [2.45, 2.75) is 69.1 Å². The Morgan fingerprint density at radius 2 is 1.68 bits per heavy atom. The molecule has 37 heavy (non-hydrogen) atoms. The smallest absolute Gasteiger partial charge is 0.311 e. The predicted octanol–water partition coefficient (Wildman–Crippen LogP) is 4.89. The van der Waals surface area contributed by atoms with E-state index in [4.69, 9.17) is 4.74 Å². The first-order valence-electron chi connectivity index (χ1n) is 12.8. The molecule has 0 aromatic heterocycles. The van der Waals surface area contributed by atoms with Crippen molar-refractivity contribution in [2.75, 3.05) is 0 Å². The van der Waals surface area contributed by atoms with Gasteiger partial charge < -0.3 is 9.84 Å². The number of sulfonamides is 1. The third-order valence-corrected chi connectivity index (χ3v) is 8.53. The number of unbranched alkanes of at least 4 members (excludes halogenated alkanes) is 1. The van der Waals surface area contributed by atoms with Crippen molar-refractivity contribution in [3.8, 4) is 0 Å². The summed E-state index contributed by atoms with van der Waals surface area (Å²) in [6.45, 7) is 3.56. The fourth-order valence-corrected chi connectivity index (χ4v) is 5.99. The van der Waals surface area contributed by atoms with Crippen LogP contribution in [0.4, 0.5) is 0 Å². The van der Waals surface area contributed by atoms with E-state index in [1.165, 1.54) is 5.56 Å². The summed E-state index contributed by atoms with van der Waals surface area (Å²) in [4.78, 5) is 13.2. The summed E-state index contributed by atoms with van der Waals surface area (Å²) in [5, 5.41) is 10.6. The van der Waals surface area contributed by atoms with Gasteiger partial charge in [0.15, 0.2) is 0 Å². The summed E-state index contributed by atoms with van der Waals surface area (Å²) in [7, 11) is -3.84. The SMILES string of the molecule is Cc1ccc(S(=O)(=O)N[C@H]2c3ccccc3C[C@H]2OC(=O)[C@@H](C)[C@@H](O)CCCCc2ccccc2)cc1. The Bertz CT molecular complexity index is 1290. The lowest BCUT2D eigenvalue weighted by Crippen LogP contribution is -2.38. The number of nitrogens with one attached hydrogen (secondary N) is 1. The zero-order chi connectivity index (χ0) is 26.4. The lowest BCUT2D eigenvalue weighted by atomic mass is 9.98. The van der Waals surface area contributed by atoms with Crippen LogP contribution in [0.5, 0.6) is 0 Å². The molecule has 0 saturated carbocycles. The molecule has 3 aromatic carbocycles. The molecule has 0 fully saturated rings. The predicted molar refractivity (Wildman–Crippen MR) is 143 cm³/mol. The van der Waals surface area contributed by atoms with Crippen LogP contribution in [0.2, 0.25) is 0 Å². The Labute approximate surface area is 219 Å². The minimum absolute atomic E-state index is 0.159. The zero-order valence-corrected chi connectivity index (χ0v) is 22.2. The lowest BCUT2D eigenvalue weighted by molar-refractivity contribution is -0.158. The van der Waals surface area contributed by atoms with Crippen molar-refractivity contribution in [1.82, 2.24) is 4.72 Å². The Morgan fingerprint density at radius 1 is 1.00 bits per heavy atom. The van der Waals surface area contributed by atoms with Crippen molar-refractivity contribution in [3.63, 3.8) is 0 Å². The number of ether oxygens (including phenoxy) is 1. The van der Waals surface area contributed by atoms with Crippen LogP contribution >= 0.6 is 0 Å². The molecule has 4 rings (SSSR count). The quantitative estimate of drug-likeness (QED) is 0.277. The molecule has 0 unspecified atom stereocenters. The van der Waals surface area contributed by atoms with E-state index >= 15 is 0 Å². The number of benzene rings is 3. The fourth-order valence-electron chi connectivity index (χ4n) is 4.75. The van der Waals surface area contributed by atoms with Gasteiger partial charge in [0.2, 0.25) is 10.0 Å². The number of rotatable bonds is 11. The summed E-state index contributed by atoms with van der Waals surface area (Å²) in [5.41, 5.74) is 3.95. The molecule has 6 nitrogen and oxygen atoms in total. The van der Waals surface area contributed by atoms with Gasteiger partial charge in [-0.1, -0.05) is 78.7 Å². The molecule has 0 saturated heterocycles. The number of aliphatic hydroxyl groups is 1. The van der Waals surface area contributed by atoms with Crippen LogP contribution in [0, 0.1) is 12.8 Å². The van der Waals surface area contributed by atoms with E-state index in [0.717, 1.165) is 36.0 Å². The molecule has 0 heterocycles. The maximum absolute atomic E-state index is 13.1. The van der Waals surface area contributed by atoms with Crippen LogP contribution in [-0.4, -0.2) is 31.7 Å². The molecule has 1 aliphatic rings. The first kappa shape index (κ1) is 27.0. The fraction of sp³-hybridized carbons (Fsp3) is 0.367. The van der Waals surface area contributed by atoms with Crippen molar-refractivity contribution >= 4 is 16.0 Å². The normalized spacial score (nSPS) is 18.7. The van der Waals surface area contributed by atoms with Gasteiger partial charge in [-0.3, -0.25) is 4.79 Å². The molecule has 0 spiro atoms. The molecule has 0 amide bonds. The van der Waals surface area contributed by atoms with Gasteiger partial charge in [0.05, 0.1) is 23.0 Å². The molecule has 0 radical (unpaired) electrons. The first-order chi connectivity index (χ1) is 17.7. The Hall–Kier alpha value is -3.00. The standard InChI is InChI=1S/C30H35NO5S/c1-21-16-18-25(19-17-21)37(34,35)31-29-26-14-8-7-13-24(26)20-28(29)36-30(33)22(2)27(32)15-9-6-12-23-10-4-3-5-11-23/h3-5,7-8,10-11,13-14,16-19,22,27-29,31-32H,6,9,12,15,20H2,1-2H3/t22-,27-,28+,29-/m0/s1. The lowest BCUT2D eigenvalue weighted by Gasteiger charge is -2.25. The van der Waals surface area contributed by atoms with Gasteiger partial charge in [0.25, 0.3) is 0 Å². The molecule has 0 bridgehead atoms. The molecule has 0 aliphatic heterocycles. The van der Waals surface area contributed by atoms with E-state index < -0.39 is 40.2 Å². The van der Waals surface area contributed by atoms with Crippen LogP contribution in [0.25, 0.3) is 0 Å². The summed E-state index contributed by atoms with van der Waals surface area (Å²) >= 11 is 0. The third-order valence-electron chi connectivity index (χ3n) is 7.07. The maximum atomic E-state index is 13.1. The molecule has 3 aromatic rings. The van der Waals surface area contributed by atoms with E-state index in [-0.39, 0.29) is 4.90 Å². The van der Waals surface area contributed by atoms with Crippen LogP contribution in [0.3, 0.4) is 0 Å². The Balaban J connectivity index is 1.38. The topological polar surface area (TPSA) is 92.7 Å². The van der Waals surface area contributed by atoms with E-state index in [9.17, 15) is 18.3 Å². The first-order valence-corrected chi connectivity index (χ1v) is 14.3. The van der Waals surface area contributed by atoms with Crippen LogP contribution in [0.1, 0.15) is 54.5 Å². The third kappa shape index (κ3) is 6.86. The van der Waals surface area contributed by atoms with Gasteiger partial charge in [0.1, 0.15) is 6.10 Å². The van der Waals surface area contributed by atoms with Gasteiger partial charge >= 0.3 is 5.97 Å². The Morgan fingerprint density at radius 3 is 2.41 bits per heavy atom. The van der Waals surface area contributed by atoms with Gasteiger partial charge in [0, 0.05) is 6.42 Å². The second kappa shape index (κ2) is 12.0. The van der Waals surface area contributed by atoms with Crippen LogP contribution in [-0.2, 0) is 32.4 Å². The minimum atomic E-state index is -3.84. The average Bonchev–Trinajstić information content (AvgIpc) is 3.23. The van der Waals surface area contributed by atoms with E-state index in [1.807, 2.05) is 49.4 Å². The van der Waals surface area contributed by atoms with Crippen molar-refractivity contribution < 1.29 is 23.1 Å².